The third-order valence-corrected chi connectivity index (χ3v) is 1.19. The minimum absolute atomic E-state index is 0.435. The molecule has 12 heavy (non-hydrogen) atoms. The molecule has 7 heteroatoms. The lowest BCUT2D eigenvalue weighted by atomic mass is 10.6. The van der Waals surface area contributed by atoms with Gasteiger partial charge in [-0.15, -0.1) is 0 Å². The number of rotatable bonds is 0. The number of nitrogens with two attached hydrogens (primary N) is 1. The number of amides is 2. The van der Waals surface area contributed by atoms with Gasteiger partial charge in [0.05, 0.1) is 6.54 Å². The maximum absolute atomic E-state index is 10.6. The molecule has 5 N–H and O–H groups in total. The molecule has 0 fully saturated rings. The molecule has 0 aromatic carbocycles. The van der Waals surface area contributed by atoms with E-state index in [1.807, 2.05) is 0 Å². The van der Waals surface area contributed by atoms with Gasteiger partial charge in [0.1, 0.15) is 0 Å². The topological polar surface area (TPSA) is 109 Å². The molecule has 0 aromatic rings. The number of carbonyl (C=O) groups excluding carboxylic acids is 2. The summed E-state index contributed by atoms with van der Waals surface area (Å²) in [5.74, 6) is -1.50. The lowest BCUT2D eigenvalue weighted by Crippen LogP contribution is -2.50. The van der Waals surface area contributed by atoms with Crippen LogP contribution >= 0.6 is 0 Å². The van der Waals surface area contributed by atoms with Crippen LogP contribution in [0.1, 0.15) is 0 Å². The van der Waals surface area contributed by atoms with Crippen LogP contribution in [0.4, 0.5) is 0 Å². The predicted molar refractivity (Wildman–Crippen MR) is 40.8 cm³/mol. The molecule has 0 aromatic heterocycles. The van der Waals surface area contributed by atoms with Crippen LogP contribution in [0.5, 0.6) is 0 Å². The van der Waals surface area contributed by atoms with Crippen molar-refractivity contribution in [1.82, 2.24) is 16.2 Å². The Kier molecular flexibility index (Phi) is 2.46. The number of hydrogen-bond acceptors (Lipinski definition) is 5. The molecule has 1 heterocycles. The van der Waals surface area contributed by atoms with Gasteiger partial charge in [0.15, 0.2) is 0 Å². The lowest BCUT2D eigenvalue weighted by molar-refractivity contribution is -0.137. The lowest BCUT2D eigenvalue weighted by Gasteiger charge is -2.05. The number of hydrogen-bond donors (Lipinski definition) is 4. The molecule has 1 rings (SSSR count). The number of aliphatic imine (C=N–C) groups is 1. The molecule has 66 valence electrons. The van der Waals surface area contributed by atoms with E-state index in [-0.39, 0.29) is 0 Å². The molecule has 2 amide bonds. The van der Waals surface area contributed by atoms with Crippen molar-refractivity contribution in [3.05, 3.63) is 0 Å². The Morgan fingerprint density at radius 1 is 1.58 bits per heavy atom. The molecule has 0 saturated carbocycles. The van der Waals surface area contributed by atoms with Gasteiger partial charge in [-0.2, -0.15) is 0 Å². The number of carbonyl (C=O) groups is 2. The fourth-order valence-electron chi connectivity index (χ4n) is 0.659. The first kappa shape index (κ1) is 8.31. The minimum Gasteiger partial charge on any atom is -0.361 e. The van der Waals surface area contributed by atoms with Gasteiger partial charge < -0.3 is 11.1 Å². The Labute approximate surface area is 68.4 Å². The van der Waals surface area contributed by atoms with Crippen molar-refractivity contribution in [3.8, 4) is 0 Å². The summed E-state index contributed by atoms with van der Waals surface area (Å²) >= 11 is 0. The second-order valence-electron chi connectivity index (χ2n) is 2.10. The average Bonchev–Trinajstić information content (AvgIpc) is 2.51. The van der Waals surface area contributed by atoms with E-state index in [2.05, 4.69) is 26.9 Å². The predicted octanol–water partition coefficient (Wildman–Crippen LogP) is -2.95. The van der Waals surface area contributed by atoms with Crippen LogP contribution in [0.25, 0.3) is 0 Å². The molecule has 1 aliphatic rings. The summed E-state index contributed by atoms with van der Waals surface area (Å²) in [7, 11) is 0. The van der Waals surface area contributed by atoms with Crippen LogP contribution in [0.2, 0.25) is 0 Å². The Morgan fingerprint density at radius 2 is 2.33 bits per heavy atom. The monoisotopic (exact) mass is 171 g/mol. The van der Waals surface area contributed by atoms with E-state index in [4.69, 9.17) is 0 Å². The summed E-state index contributed by atoms with van der Waals surface area (Å²) in [6, 6.07) is 0. The van der Waals surface area contributed by atoms with Crippen LogP contribution in [0.3, 0.4) is 0 Å². The highest BCUT2D eigenvalue weighted by atomic mass is 16.2. The summed E-state index contributed by atoms with van der Waals surface area (Å²) in [5.41, 5.74) is 9.14. The zero-order valence-electron chi connectivity index (χ0n) is 6.26. The largest absolute Gasteiger partial charge is 0.361 e. The molecule has 0 radical (unpaired) electrons. The summed E-state index contributed by atoms with van der Waals surface area (Å²) in [6.07, 6.45) is 0. The van der Waals surface area contributed by atoms with Gasteiger partial charge in [0.2, 0.25) is 5.96 Å². The van der Waals surface area contributed by atoms with Crippen LogP contribution in [0.15, 0.2) is 4.99 Å². The minimum atomic E-state index is -1.04. The zero-order chi connectivity index (χ0) is 8.97. The average molecular weight is 171 g/mol. The summed E-state index contributed by atoms with van der Waals surface area (Å²) in [6.45, 7) is 1.36. The SMILES string of the molecule is NC(=O)C(=O)NNC1=NCCN1. The van der Waals surface area contributed by atoms with E-state index in [0.717, 1.165) is 6.54 Å². The number of nitrogens with zero attached hydrogens (tertiary/aromatic N) is 1. The van der Waals surface area contributed by atoms with Crippen LogP contribution in [-0.4, -0.2) is 30.9 Å². The first-order valence-corrected chi connectivity index (χ1v) is 3.34. The molecule has 0 atom stereocenters. The van der Waals surface area contributed by atoms with Gasteiger partial charge in [-0.25, -0.2) is 0 Å². The van der Waals surface area contributed by atoms with Crippen molar-refractivity contribution in [1.29, 1.82) is 0 Å². The van der Waals surface area contributed by atoms with E-state index >= 15 is 0 Å². The Balaban J connectivity index is 2.25. The Hall–Kier alpha value is -1.79. The van der Waals surface area contributed by atoms with Gasteiger partial charge in [-0.05, 0) is 0 Å². The van der Waals surface area contributed by atoms with Gasteiger partial charge >= 0.3 is 11.8 Å². The van der Waals surface area contributed by atoms with Crippen molar-refractivity contribution in [2.24, 2.45) is 10.7 Å². The van der Waals surface area contributed by atoms with Crippen molar-refractivity contribution in [2.75, 3.05) is 13.1 Å². The summed E-state index contributed by atoms with van der Waals surface area (Å²) in [4.78, 5) is 24.7. The molecule has 0 aliphatic carbocycles. The number of primary amides is 1. The van der Waals surface area contributed by atoms with E-state index in [1.165, 1.54) is 0 Å². The van der Waals surface area contributed by atoms with Crippen LogP contribution in [0, 0.1) is 0 Å². The quantitative estimate of drug-likeness (QED) is 0.231. The van der Waals surface area contributed by atoms with Gasteiger partial charge in [0, 0.05) is 6.54 Å². The highest BCUT2D eigenvalue weighted by Gasteiger charge is 2.09. The third-order valence-electron chi connectivity index (χ3n) is 1.19. The van der Waals surface area contributed by atoms with Crippen molar-refractivity contribution in [2.45, 2.75) is 0 Å². The normalized spacial score (nSPS) is 14.5. The highest BCUT2D eigenvalue weighted by molar-refractivity contribution is 6.34. The van der Waals surface area contributed by atoms with E-state index in [1.54, 1.807) is 0 Å². The molecule has 7 nitrogen and oxygen atoms in total. The second-order valence-corrected chi connectivity index (χ2v) is 2.10. The maximum Gasteiger partial charge on any atom is 0.327 e. The third kappa shape index (κ3) is 2.11. The molecular formula is C5H9N5O2. The van der Waals surface area contributed by atoms with Crippen molar-refractivity contribution < 1.29 is 9.59 Å². The van der Waals surface area contributed by atoms with Crippen LogP contribution < -0.4 is 21.9 Å². The smallest absolute Gasteiger partial charge is 0.327 e. The second kappa shape index (κ2) is 3.56. The number of guanidine groups is 1. The fraction of sp³-hybridized carbons (Fsp3) is 0.400. The van der Waals surface area contributed by atoms with Crippen LogP contribution in [-0.2, 0) is 9.59 Å². The van der Waals surface area contributed by atoms with Gasteiger partial charge in [-0.3, -0.25) is 25.4 Å². The van der Waals surface area contributed by atoms with E-state index in [9.17, 15) is 9.59 Å². The van der Waals surface area contributed by atoms with E-state index in [0.29, 0.717) is 12.5 Å². The highest BCUT2D eigenvalue weighted by Crippen LogP contribution is 1.78. The van der Waals surface area contributed by atoms with Crippen molar-refractivity contribution in [3.63, 3.8) is 0 Å². The molecular weight excluding hydrogens is 162 g/mol. The summed E-state index contributed by atoms with van der Waals surface area (Å²) < 4.78 is 0. The first-order valence-electron chi connectivity index (χ1n) is 3.34. The molecule has 0 unspecified atom stereocenters. The molecule has 0 spiro atoms. The first-order chi connectivity index (χ1) is 5.70. The number of hydrazine groups is 1. The van der Waals surface area contributed by atoms with Gasteiger partial charge in [-0.1, -0.05) is 0 Å². The van der Waals surface area contributed by atoms with E-state index < -0.39 is 11.8 Å². The molecule has 1 aliphatic heterocycles. The Morgan fingerprint density at radius 3 is 2.83 bits per heavy atom. The van der Waals surface area contributed by atoms with Crippen molar-refractivity contribution >= 4 is 17.8 Å². The number of nitrogens with one attached hydrogen (secondary N) is 3. The Bertz CT molecular complexity index is 234. The van der Waals surface area contributed by atoms with Gasteiger partial charge in [0.25, 0.3) is 0 Å². The zero-order valence-corrected chi connectivity index (χ0v) is 6.26. The standard InChI is InChI=1S/C5H9N5O2/c6-3(11)4(12)9-10-5-7-1-2-8-5/h1-2H2,(H2,6,11)(H,9,12)(H2,7,8,10). The molecule has 0 saturated heterocycles. The fourth-order valence-corrected chi connectivity index (χ4v) is 0.659. The summed E-state index contributed by atoms with van der Waals surface area (Å²) in [5, 5.41) is 2.82. The molecule has 0 bridgehead atoms. The maximum atomic E-state index is 10.6.